The van der Waals surface area contributed by atoms with E-state index in [1.165, 1.54) is 0 Å². The molecule has 2 amide bonds. The van der Waals surface area contributed by atoms with Crippen molar-refractivity contribution in [1.29, 1.82) is 0 Å². The Morgan fingerprint density at radius 2 is 1.03 bits per heavy atom. The van der Waals surface area contributed by atoms with Crippen molar-refractivity contribution in [2.75, 3.05) is 27.2 Å². The van der Waals surface area contributed by atoms with Gasteiger partial charge in [-0.1, -0.05) is 48.5 Å². The van der Waals surface area contributed by atoms with Gasteiger partial charge in [-0.3, -0.25) is 9.59 Å². The fourth-order valence-electron chi connectivity index (χ4n) is 3.66. The molecule has 0 unspecified atom stereocenters. The molecule has 0 spiro atoms. The first-order valence-electron chi connectivity index (χ1n) is 10.8. The van der Waals surface area contributed by atoms with Crippen molar-refractivity contribution in [3.63, 3.8) is 0 Å². The van der Waals surface area contributed by atoms with Gasteiger partial charge in [-0.15, -0.1) is 0 Å². The first-order valence-corrected chi connectivity index (χ1v) is 10.8. The minimum Gasteiger partial charge on any atom is -0.340 e. The maximum Gasteiger partial charge on any atom is 0.272 e. The van der Waals surface area contributed by atoms with Crippen molar-refractivity contribution in [2.24, 2.45) is 0 Å². The average molecular weight is 427 g/mol. The Kier molecular flexibility index (Phi) is 6.40. The van der Waals surface area contributed by atoms with Gasteiger partial charge in [0.25, 0.3) is 11.8 Å². The van der Waals surface area contributed by atoms with Crippen LogP contribution in [0.4, 0.5) is 0 Å². The topological polar surface area (TPSA) is 66.4 Å². The number of nitrogens with zero attached hydrogens (tertiary/aromatic N) is 4. The van der Waals surface area contributed by atoms with Gasteiger partial charge in [0.2, 0.25) is 0 Å². The van der Waals surface area contributed by atoms with Crippen LogP contribution in [0.1, 0.15) is 33.8 Å². The van der Waals surface area contributed by atoms with Gasteiger partial charge < -0.3 is 9.80 Å². The zero-order valence-corrected chi connectivity index (χ0v) is 18.4. The van der Waals surface area contributed by atoms with Crippen LogP contribution in [0.3, 0.4) is 0 Å². The highest BCUT2D eigenvalue weighted by Crippen LogP contribution is 2.14. The minimum atomic E-state index is -0.0967. The van der Waals surface area contributed by atoms with E-state index in [0.717, 1.165) is 34.6 Å². The van der Waals surface area contributed by atoms with E-state index >= 15 is 0 Å². The van der Waals surface area contributed by atoms with Gasteiger partial charge in [0.1, 0.15) is 11.4 Å². The van der Waals surface area contributed by atoms with Gasteiger partial charge in [0.15, 0.2) is 0 Å². The highest BCUT2D eigenvalue weighted by atomic mass is 16.2. The van der Waals surface area contributed by atoms with Crippen molar-refractivity contribution >= 4 is 33.6 Å². The number of fused-ring (bicyclic) bond motifs is 2. The van der Waals surface area contributed by atoms with Crippen molar-refractivity contribution in [3.8, 4) is 0 Å². The van der Waals surface area contributed by atoms with E-state index in [1.807, 2.05) is 60.7 Å². The first kappa shape index (κ1) is 21.4. The third-order valence-electron chi connectivity index (χ3n) is 5.57. The van der Waals surface area contributed by atoms with Crippen molar-refractivity contribution in [1.82, 2.24) is 19.8 Å². The molecule has 0 aliphatic rings. The Hall–Kier alpha value is -3.80. The second kappa shape index (κ2) is 9.56. The van der Waals surface area contributed by atoms with E-state index in [0.29, 0.717) is 24.5 Å². The molecule has 32 heavy (non-hydrogen) atoms. The second-order valence-corrected chi connectivity index (χ2v) is 7.94. The third kappa shape index (κ3) is 4.75. The predicted octanol–water partition coefficient (Wildman–Crippen LogP) is 4.41. The minimum absolute atomic E-state index is 0.0967. The fraction of sp³-hybridized carbons (Fsp3) is 0.231. The Morgan fingerprint density at radius 1 is 0.625 bits per heavy atom. The van der Waals surface area contributed by atoms with E-state index in [4.69, 9.17) is 0 Å². The molecule has 6 heteroatoms. The highest BCUT2D eigenvalue weighted by Gasteiger charge is 2.15. The standard InChI is InChI=1S/C26H26N4O2/c1-29(25(31)23-15-13-19-9-3-5-11-21(19)27-23)17-7-8-18-30(2)26(32)24-16-14-20-10-4-6-12-22(20)28-24/h3-6,9-16H,7-8,17-18H2,1-2H3. The number of benzene rings is 2. The maximum absolute atomic E-state index is 12.7. The lowest BCUT2D eigenvalue weighted by Gasteiger charge is -2.19. The number of hydrogen-bond donors (Lipinski definition) is 0. The molecule has 2 heterocycles. The van der Waals surface area contributed by atoms with Crippen molar-refractivity contribution in [2.45, 2.75) is 12.8 Å². The molecule has 0 saturated heterocycles. The van der Waals surface area contributed by atoms with E-state index in [2.05, 4.69) is 9.97 Å². The Morgan fingerprint density at radius 3 is 1.47 bits per heavy atom. The molecule has 0 aliphatic heterocycles. The lowest BCUT2D eigenvalue weighted by atomic mass is 10.2. The number of unbranched alkanes of at least 4 members (excludes halogenated alkanes) is 1. The molecule has 0 bridgehead atoms. The molecule has 4 aromatic rings. The van der Waals surface area contributed by atoms with Crippen LogP contribution in [0.25, 0.3) is 21.8 Å². The Balaban J connectivity index is 1.27. The summed E-state index contributed by atoms with van der Waals surface area (Å²) in [6.07, 6.45) is 1.58. The van der Waals surface area contributed by atoms with Crippen LogP contribution in [0, 0.1) is 0 Å². The summed E-state index contributed by atoms with van der Waals surface area (Å²) in [6.45, 7) is 1.20. The predicted molar refractivity (Wildman–Crippen MR) is 127 cm³/mol. The van der Waals surface area contributed by atoms with Crippen LogP contribution < -0.4 is 0 Å². The van der Waals surface area contributed by atoms with Crippen molar-refractivity contribution < 1.29 is 9.59 Å². The zero-order valence-electron chi connectivity index (χ0n) is 18.4. The fourth-order valence-corrected chi connectivity index (χ4v) is 3.66. The van der Waals surface area contributed by atoms with E-state index in [-0.39, 0.29) is 11.8 Å². The Labute approximate surface area is 187 Å². The summed E-state index contributed by atoms with van der Waals surface area (Å²) in [5.41, 5.74) is 2.52. The van der Waals surface area contributed by atoms with Gasteiger partial charge in [0.05, 0.1) is 11.0 Å². The summed E-state index contributed by atoms with van der Waals surface area (Å²) in [6, 6.07) is 22.9. The molecular weight excluding hydrogens is 400 g/mol. The molecule has 0 fully saturated rings. The number of carbonyl (C=O) groups is 2. The second-order valence-electron chi connectivity index (χ2n) is 7.94. The SMILES string of the molecule is CN(CCCCN(C)C(=O)c1ccc2ccccc2n1)C(=O)c1ccc2ccccc2n1. The zero-order chi connectivity index (χ0) is 22.5. The molecular formula is C26H26N4O2. The van der Waals surface area contributed by atoms with Crippen LogP contribution in [-0.2, 0) is 0 Å². The van der Waals surface area contributed by atoms with Crippen LogP contribution in [-0.4, -0.2) is 58.8 Å². The number of pyridine rings is 2. The van der Waals surface area contributed by atoms with Gasteiger partial charge in [0, 0.05) is 38.0 Å². The molecule has 2 aromatic carbocycles. The summed E-state index contributed by atoms with van der Waals surface area (Å²) in [5.74, 6) is -0.193. The monoisotopic (exact) mass is 426 g/mol. The number of carbonyl (C=O) groups excluding carboxylic acids is 2. The average Bonchev–Trinajstić information content (AvgIpc) is 2.84. The van der Waals surface area contributed by atoms with Gasteiger partial charge in [-0.25, -0.2) is 9.97 Å². The smallest absolute Gasteiger partial charge is 0.272 e. The van der Waals surface area contributed by atoms with E-state index in [9.17, 15) is 9.59 Å². The molecule has 0 aliphatic carbocycles. The van der Waals surface area contributed by atoms with Crippen LogP contribution >= 0.6 is 0 Å². The summed E-state index contributed by atoms with van der Waals surface area (Å²) in [4.78, 5) is 37.7. The molecule has 0 atom stereocenters. The molecule has 0 saturated carbocycles. The first-order chi connectivity index (χ1) is 15.5. The molecule has 4 rings (SSSR count). The largest absolute Gasteiger partial charge is 0.340 e. The van der Waals surface area contributed by atoms with Crippen LogP contribution in [0.5, 0.6) is 0 Å². The van der Waals surface area contributed by atoms with E-state index in [1.54, 1.807) is 36.0 Å². The van der Waals surface area contributed by atoms with Crippen LogP contribution in [0.15, 0.2) is 72.8 Å². The Bertz CT molecular complexity index is 1170. The molecule has 162 valence electrons. The molecule has 6 nitrogen and oxygen atoms in total. The third-order valence-corrected chi connectivity index (χ3v) is 5.57. The van der Waals surface area contributed by atoms with Gasteiger partial charge in [-0.05, 0) is 37.1 Å². The molecule has 2 aromatic heterocycles. The highest BCUT2D eigenvalue weighted by molar-refractivity contribution is 5.95. The van der Waals surface area contributed by atoms with Crippen molar-refractivity contribution in [3.05, 3.63) is 84.2 Å². The van der Waals surface area contributed by atoms with Gasteiger partial charge >= 0.3 is 0 Å². The lowest BCUT2D eigenvalue weighted by molar-refractivity contribution is 0.0761. The number of amides is 2. The summed E-state index contributed by atoms with van der Waals surface area (Å²) in [5, 5.41) is 2.03. The number of aromatic nitrogens is 2. The number of rotatable bonds is 7. The van der Waals surface area contributed by atoms with E-state index < -0.39 is 0 Å². The maximum atomic E-state index is 12.7. The summed E-state index contributed by atoms with van der Waals surface area (Å²) >= 11 is 0. The van der Waals surface area contributed by atoms with Gasteiger partial charge in [-0.2, -0.15) is 0 Å². The summed E-state index contributed by atoms with van der Waals surface area (Å²) in [7, 11) is 3.57. The molecule has 0 radical (unpaired) electrons. The quantitative estimate of drug-likeness (QED) is 0.411. The lowest BCUT2D eigenvalue weighted by Crippen LogP contribution is -2.31. The summed E-state index contributed by atoms with van der Waals surface area (Å²) < 4.78 is 0. The molecule has 0 N–H and O–H groups in total. The number of para-hydroxylation sites is 2. The normalized spacial score (nSPS) is 10.9. The van der Waals surface area contributed by atoms with Crippen LogP contribution in [0.2, 0.25) is 0 Å². The number of hydrogen-bond acceptors (Lipinski definition) is 4.